The van der Waals surface area contributed by atoms with Crippen molar-refractivity contribution >= 4 is 49.3 Å². The minimum atomic E-state index is 0.531. The van der Waals surface area contributed by atoms with Gasteiger partial charge in [0.25, 0.3) is 0 Å². The molecule has 0 saturated carbocycles. The van der Waals surface area contributed by atoms with Gasteiger partial charge in [0.1, 0.15) is 0 Å². The molecule has 0 saturated heterocycles. The number of aromatic nitrogens is 5. The number of hydrogen-bond donors (Lipinski definition) is 0. The second kappa shape index (κ2) is 17.4. The summed E-state index contributed by atoms with van der Waals surface area (Å²) in [6.07, 6.45) is 0. The van der Waals surface area contributed by atoms with Gasteiger partial charge in [-0.2, -0.15) is 5.26 Å². The molecular weight excluding hydrogens is 879 g/mol. The van der Waals surface area contributed by atoms with Gasteiger partial charge in [-0.15, -0.1) is 0 Å². The van der Waals surface area contributed by atoms with Crippen molar-refractivity contribution in [2.75, 3.05) is 0 Å². The minimum Gasteiger partial charge on any atom is -0.309 e. The molecule has 7 nitrogen and oxygen atoms in total. The van der Waals surface area contributed by atoms with E-state index in [1.165, 1.54) is 10.8 Å². The number of rotatable bonds is 8. The zero-order valence-electron chi connectivity index (χ0n) is 38.6. The van der Waals surface area contributed by atoms with Crippen LogP contribution in [0.5, 0.6) is 0 Å². The van der Waals surface area contributed by atoms with Gasteiger partial charge < -0.3 is 9.13 Å². The monoisotopic (exact) mass is 917 g/mol. The van der Waals surface area contributed by atoms with Crippen LogP contribution in [0.2, 0.25) is 0 Å². The Morgan fingerprint density at radius 2 is 0.792 bits per heavy atom. The second-order valence-electron chi connectivity index (χ2n) is 17.8. The lowest BCUT2D eigenvalue weighted by molar-refractivity contribution is 1.06. The fourth-order valence-corrected chi connectivity index (χ4v) is 10.1. The van der Waals surface area contributed by atoms with Crippen LogP contribution in [0, 0.1) is 17.9 Å². The average molecular weight is 918 g/mol. The van der Waals surface area contributed by atoms with Gasteiger partial charge in [-0.25, -0.2) is 19.8 Å². The van der Waals surface area contributed by atoms with Crippen molar-refractivity contribution in [3.8, 4) is 85.0 Å². The Kier molecular flexibility index (Phi) is 10.1. The number of benzene rings is 10. The van der Waals surface area contributed by atoms with Gasteiger partial charge in [-0.1, -0.05) is 176 Å². The Labute approximate surface area is 415 Å². The summed E-state index contributed by atoms with van der Waals surface area (Å²) < 4.78 is 4.70. The second-order valence-corrected chi connectivity index (χ2v) is 17.8. The summed E-state index contributed by atoms with van der Waals surface area (Å²) in [6.45, 7) is 7.59. The molecule has 0 unspecified atom stereocenters. The third-order valence-electron chi connectivity index (χ3n) is 13.6. The molecule has 3 heterocycles. The molecule has 10 aromatic carbocycles. The summed E-state index contributed by atoms with van der Waals surface area (Å²) >= 11 is 0. The van der Waals surface area contributed by atoms with Crippen molar-refractivity contribution < 1.29 is 0 Å². The largest absolute Gasteiger partial charge is 0.309 e. The Morgan fingerprint density at radius 3 is 1.35 bits per heavy atom. The Balaban J connectivity index is 1.11. The van der Waals surface area contributed by atoms with E-state index in [0.717, 1.165) is 94.3 Å². The molecule has 0 radical (unpaired) electrons. The maximum atomic E-state index is 9.64. The van der Waals surface area contributed by atoms with Crippen LogP contribution < -0.4 is 0 Å². The molecule has 0 aliphatic carbocycles. The molecule has 0 N–H and O–H groups in total. The zero-order chi connectivity index (χ0) is 48.1. The number of fused-ring (bicyclic) bond motifs is 6. The van der Waals surface area contributed by atoms with Crippen LogP contribution in [-0.2, 0) is 0 Å². The van der Waals surface area contributed by atoms with E-state index in [2.05, 4.69) is 147 Å². The van der Waals surface area contributed by atoms with Crippen molar-refractivity contribution in [3.63, 3.8) is 0 Å². The highest BCUT2D eigenvalue weighted by Crippen LogP contribution is 2.42. The first-order valence-electron chi connectivity index (χ1n) is 23.8. The highest BCUT2D eigenvalue weighted by Gasteiger charge is 2.22. The van der Waals surface area contributed by atoms with E-state index in [9.17, 15) is 5.26 Å². The average Bonchev–Trinajstić information content (AvgIpc) is 3.97. The van der Waals surface area contributed by atoms with Crippen LogP contribution in [0.25, 0.3) is 127 Å². The summed E-state index contributed by atoms with van der Waals surface area (Å²) in [5.74, 6) is 1.67. The molecule has 0 atom stereocenters. The highest BCUT2D eigenvalue weighted by atomic mass is 15.1. The molecule has 0 bridgehead atoms. The van der Waals surface area contributed by atoms with Crippen LogP contribution in [0.1, 0.15) is 5.56 Å². The first-order chi connectivity index (χ1) is 35.6. The standard InChI is InChI=1S/C65H39N7/c1-67-51-31-25-44(26-32-51)49-28-34-56-55-33-27-48(43-23-21-42(41-66)22-24-43)38-61(55)72(62(56)39-49)59-36-30-47(50-29-35-54-53-19-11-12-20-58(53)71(60(54)40-50)52-17-9-4-10-18-52)37-57(59)65-69-63(45-13-5-2-6-14-45)68-64(70-65)46-15-7-3-8-16-46/h2-40H. The molecule has 3 aromatic heterocycles. The van der Waals surface area contributed by atoms with Crippen LogP contribution >= 0.6 is 0 Å². The van der Waals surface area contributed by atoms with Crippen LogP contribution in [-0.4, -0.2) is 24.1 Å². The predicted octanol–water partition coefficient (Wildman–Crippen LogP) is 16.5. The first-order valence-corrected chi connectivity index (χ1v) is 23.8. The molecule has 13 aromatic rings. The first kappa shape index (κ1) is 41.9. The maximum absolute atomic E-state index is 9.64. The third-order valence-corrected chi connectivity index (χ3v) is 13.6. The van der Waals surface area contributed by atoms with Gasteiger partial charge in [0.2, 0.25) is 0 Å². The van der Waals surface area contributed by atoms with Gasteiger partial charge in [-0.3, -0.25) is 0 Å². The Bertz CT molecular complexity index is 4140. The number of hydrogen-bond acceptors (Lipinski definition) is 4. The van der Waals surface area contributed by atoms with Gasteiger partial charge in [-0.05, 0) is 94.0 Å². The lowest BCUT2D eigenvalue weighted by atomic mass is 9.99. The molecule has 0 amide bonds. The lowest BCUT2D eigenvalue weighted by Gasteiger charge is -2.17. The molecule has 0 aliphatic heterocycles. The number of nitriles is 1. The van der Waals surface area contributed by atoms with Crippen molar-refractivity contribution in [3.05, 3.63) is 254 Å². The van der Waals surface area contributed by atoms with Crippen LogP contribution in [0.3, 0.4) is 0 Å². The normalized spacial score (nSPS) is 11.3. The fourth-order valence-electron chi connectivity index (χ4n) is 10.1. The Morgan fingerprint density at radius 1 is 0.361 bits per heavy atom. The SMILES string of the molecule is [C-]#[N+]c1ccc(-c2ccc3c4ccc(-c5ccc(C#N)cc5)cc4n(-c4ccc(-c5ccc6c7ccccc7n(-c7ccccc7)c6c5)cc4-c4nc(-c5ccccc5)nc(-c5ccccc5)n4)c3c2)cc1. The molecule has 72 heavy (non-hydrogen) atoms. The van der Waals surface area contributed by atoms with Gasteiger partial charge in [0.15, 0.2) is 23.2 Å². The van der Waals surface area contributed by atoms with Gasteiger partial charge >= 0.3 is 0 Å². The van der Waals surface area contributed by atoms with Gasteiger partial charge in [0, 0.05) is 43.9 Å². The lowest BCUT2D eigenvalue weighted by Crippen LogP contribution is -2.04. The van der Waals surface area contributed by atoms with E-state index in [1.54, 1.807) is 0 Å². The van der Waals surface area contributed by atoms with E-state index < -0.39 is 0 Å². The smallest absolute Gasteiger partial charge is 0.187 e. The summed E-state index contributed by atoms with van der Waals surface area (Å²) in [4.78, 5) is 19.5. The molecule has 0 spiro atoms. The summed E-state index contributed by atoms with van der Waals surface area (Å²) in [5, 5.41) is 14.2. The summed E-state index contributed by atoms with van der Waals surface area (Å²) in [6, 6.07) is 83.7. The third kappa shape index (κ3) is 7.25. The van der Waals surface area contributed by atoms with Crippen molar-refractivity contribution in [1.82, 2.24) is 24.1 Å². The zero-order valence-corrected chi connectivity index (χ0v) is 38.6. The number of nitrogens with zero attached hydrogens (tertiary/aromatic N) is 7. The van der Waals surface area contributed by atoms with Crippen LogP contribution in [0.15, 0.2) is 237 Å². The molecule has 13 rings (SSSR count). The van der Waals surface area contributed by atoms with E-state index in [4.69, 9.17) is 21.5 Å². The predicted molar refractivity (Wildman–Crippen MR) is 292 cm³/mol. The molecule has 0 aliphatic rings. The highest BCUT2D eigenvalue weighted by molar-refractivity contribution is 6.12. The quantitative estimate of drug-likeness (QED) is 0.142. The van der Waals surface area contributed by atoms with Gasteiger partial charge in [0.05, 0.1) is 46.0 Å². The maximum Gasteiger partial charge on any atom is 0.187 e. The molecule has 0 fully saturated rings. The van der Waals surface area contributed by atoms with Crippen molar-refractivity contribution in [1.29, 1.82) is 5.26 Å². The minimum absolute atomic E-state index is 0.531. The number of para-hydroxylation sites is 2. The summed E-state index contributed by atoms with van der Waals surface area (Å²) in [7, 11) is 0. The van der Waals surface area contributed by atoms with Crippen LogP contribution in [0.4, 0.5) is 5.69 Å². The van der Waals surface area contributed by atoms with Crippen molar-refractivity contribution in [2.45, 2.75) is 0 Å². The van der Waals surface area contributed by atoms with Crippen molar-refractivity contribution in [2.24, 2.45) is 0 Å². The van der Waals surface area contributed by atoms with E-state index in [1.807, 2.05) is 109 Å². The molecule has 334 valence electrons. The van der Waals surface area contributed by atoms with E-state index >= 15 is 0 Å². The molecule has 7 heteroatoms. The van der Waals surface area contributed by atoms with E-state index in [-0.39, 0.29) is 0 Å². The Hall–Kier alpha value is -10.2. The van der Waals surface area contributed by atoms with E-state index in [0.29, 0.717) is 28.7 Å². The molecular formula is C65H39N7. The summed E-state index contributed by atoms with van der Waals surface area (Å²) in [5.41, 5.74) is 16.1. The fraction of sp³-hybridized carbons (Fsp3) is 0. The topological polar surface area (TPSA) is 76.7 Å².